The molecule has 3 N–H and O–H groups in total. The van der Waals surface area contributed by atoms with E-state index in [9.17, 15) is 9.90 Å². The number of aromatic nitrogens is 2. The molecule has 1 aromatic carbocycles. The van der Waals surface area contributed by atoms with Gasteiger partial charge in [-0.15, -0.1) is 0 Å². The molecule has 1 atom stereocenters. The molecule has 2 amide bonds. The summed E-state index contributed by atoms with van der Waals surface area (Å²) in [6.07, 6.45) is 4.68. The molecule has 2 aromatic rings. The number of aliphatic hydroxyl groups excluding tert-OH is 1. The second kappa shape index (κ2) is 6.72. The molecule has 106 valence electrons. The first-order valence-corrected chi connectivity index (χ1v) is 6.44. The molecule has 0 spiro atoms. The quantitative estimate of drug-likeness (QED) is 0.777. The number of nitrogens with one attached hydrogen (secondary N) is 2. The van der Waals surface area contributed by atoms with Gasteiger partial charge < -0.3 is 20.3 Å². The molecule has 1 unspecified atom stereocenters. The van der Waals surface area contributed by atoms with Crippen molar-refractivity contribution in [1.29, 1.82) is 0 Å². The summed E-state index contributed by atoms with van der Waals surface area (Å²) in [4.78, 5) is 15.6. The van der Waals surface area contributed by atoms with Crippen LogP contribution in [0, 0.1) is 0 Å². The molecule has 0 aliphatic heterocycles. The Morgan fingerprint density at radius 2 is 2.35 bits per heavy atom. The SMILES string of the molecule is CC(O)c1cccc(NC(=O)NCCn2ccnc2)c1. The second-order valence-corrected chi connectivity index (χ2v) is 4.48. The molecular formula is C14H18N4O2. The molecule has 6 heteroatoms. The zero-order valence-electron chi connectivity index (χ0n) is 11.3. The van der Waals surface area contributed by atoms with Crippen molar-refractivity contribution < 1.29 is 9.90 Å². The number of anilines is 1. The van der Waals surface area contributed by atoms with Crippen LogP contribution in [0.5, 0.6) is 0 Å². The van der Waals surface area contributed by atoms with E-state index in [4.69, 9.17) is 0 Å². The topological polar surface area (TPSA) is 79.2 Å². The highest BCUT2D eigenvalue weighted by Gasteiger charge is 2.04. The van der Waals surface area contributed by atoms with E-state index in [-0.39, 0.29) is 6.03 Å². The molecule has 20 heavy (non-hydrogen) atoms. The molecule has 2 rings (SSSR count). The van der Waals surface area contributed by atoms with Crippen molar-refractivity contribution in [1.82, 2.24) is 14.9 Å². The molecule has 0 saturated carbocycles. The Labute approximate surface area is 117 Å². The zero-order valence-corrected chi connectivity index (χ0v) is 11.3. The van der Waals surface area contributed by atoms with E-state index in [1.165, 1.54) is 0 Å². The molecule has 6 nitrogen and oxygen atoms in total. The normalized spacial score (nSPS) is 11.9. The Balaban J connectivity index is 1.80. The van der Waals surface area contributed by atoms with E-state index in [1.54, 1.807) is 37.6 Å². The van der Waals surface area contributed by atoms with Crippen molar-refractivity contribution >= 4 is 11.7 Å². The van der Waals surface area contributed by atoms with Gasteiger partial charge in [-0.2, -0.15) is 0 Å². The van der Waals surface area contributed by atoms with Gasteiger partial charge in [-0.3, -0.25) is 0 Å². The van der Waals surface area contributed by atoms with Gasteiger partial charge in [0.25, 0.3) is 0 Å². The van der Waals surface area contributed by atoms with Crippen LogP contribution >= 0.6 is 0 Å². The van der Waals surface area contributed by atoms with Crippen molar-refractivity contribution in [3.8, 4) is 0 Å². The second-order valence-electron chi connectivity index (χ2n) is 4.48. The molecule has 1 heterocycles. The highest BCUT2D eigenvalue weighted by molar-refractivity contribution is 5.89. The van der Waals surface area contributed by atoms with Crippen molar-refractivity contribution in [2.75, 3.05) is 11.9 Å². The monoisotopic (exact) mass is 274 g/mol. The van der Waals surface area contributed by atoms with Crippen LogP contribution in [0.1, 0.15) is 18.6 Å². The first-order valence-electron chi connectivity index (χ1n) is 6.44. The van der Waals surface area contributed by atoms with Crippen LogP contribution in [0.15, 0.2) is 43.0 Å². The summed E-state index contributed by atoms with van der Waals surface area (Å²) in [6, 6.07) is 6.87. The summed E-state index contributed by atoms with van der Waals surface area (Å²) >= 11 is 0. The predicted octanol–water partition coefficient (Wildman–Crippen LogP) is 1.76. The number of imidazole rings is 1. The Morgan fingerprint density at radius 1 is 1.50 bits per heavy atom. The number of aliphatic hydroxyl groups is 1. The lowest BCUT2D eigenvalue weighted by Gasteiger charge is -2.10. The van der Waals surface area contributed by atoms with Crippen LogP contribution < -0.4 is 10.6 Å². The predicted molar refractivity (Wildman–Crippen MR) is 76.3 cm³/mol. The van der Waals surface area contributed by atoms with Gasteiger partial charge in [-0.05, 0) is 24.6 Å². The van der Waals surface area contributed by atoms with Gasteiger partial charge in [-0.1, -0.05) is 12.1 Å². The lowest BCUT2D eigenvalue weighted by Crippen LogP contribution is -2.31. The minimum atomic E-state index is -0.555. The number of amides is 2. The van der Waals surface area contributed by atoms with Crippen molar-refractivity contribution in [3.63, 3.8) is 0 Å². The average Bonchev–Trinajstić information content (AvgIpc) is 2.92. The first-order chi connectivity index (χ1) is 9.65. The Hall–Kier alpha value is -2.34. The number of nitrogens with zero attached hydrogens (tertiary/aromatic N) is 2. The third-order valence-electron chi connectivity index (χ3n) is 2.84. The highest BCUT2D eigenvalue weighted by Crippen LogP contribution is 2.16. The number of carbonyl (C=O) groups excluding carboxylic acids is 1. The van der Waals surface area contributed by atoms with E-state index < -0.39 is 6.10 Å². The van der Waals surface area contributed by atoms with E-state index in [1.807, 2.05) is 16.8 Å². The summed E-state index contributed by atoms with van der Waals surface area (Å²) in [5.74, 6) is 0. The summed E-state index contributed by atoms with van der Waals surface area (Å²) in [5.41, 5.74) is 1.42. The van der Waals surface area contributed by atoms with Gasteiger partial charge in [0.05, 0.1) is 12.4 Å². The maximum Gasteiger partial charge on any atom is 0.319 e. The maximum atomic E-state index is 11.7. The van der Waals surface area contributed by atoms with E-state index in [0.717, 1.165) is 5.56 Å². The number of rotatable bonds is 5. The number of urea groups is 1. The summed E-state index contributed by atoms with van der Waals surface area (Å²) in [6.45, 7) is 2.86. The van der Waals surface area contributed by atoms with E-state index in [2.05, 4.69) is 15.6 Å². The fraction of sp³-hybridized carbons (Fsp3) is 0.286. The fourth-order valence-corrected chi connectivity index (χ4v) is 1.77. The molecule has 0 aliphatic carbocycles. The third-order valence-corrected chi connectivity index (χ3v) is 2.84. The minimum Gasteiger partial charge on any atom is -0.389 e. The number of carbonyl (C=O) groups is 1. The van der Waals surface area contributed by atoms with Crippen LogP contribution in [-0.4, -0.2) is 27.2 Å². The number of hydrogen-bond acceptors (Lipinski definition) is 3. The number of hydrogen-bond donors (Lipinski definition) is 3. The smallest absolute Gasteiger partial charge is 0.319 e. The zero-order chi connectivity index (χ0) is 14.4. The van der Waals surface area contributed by atoms with Gasteiger partial charge in [0.15, 0.2) is 0 Å². The molecule has 0 radical (unpaired) electrons. The minimum absolute atomic E-state index is 0.271. The molecule has 1 aromatic heterocycles. The third kappa shape index (κ3) is 4.10. The molecule has 0 saturated heterocycles. The van der Waals surface area contributed by atoms with Gasteiger partial charge in [-0.25, -0.2) is 9.78 Å². The van der Waals surface area contributed by atoms with Crippen LogP contribution in [-0.2, 0) is 6.54 Å². The summed E-state index contributed by atoms with van der Waals surface area (Å²) < 4.78 is 1.88. The summed E-state index contributed by atoms with van der Waals surface area (Å²) in [5, 5.41) is 15.0. The molecular weight excluding hydrogens is 256 g/mol. The Kier molecular flexibility index (Phi) is 4.73. The summed E-state index contributed by atoms with van der Waals surface area (Å²) in [7, 11) is 0. The molecule has 0 bridgehead atoms. The molecule has 0 fully saturated rings. The highest BCUT2D eigenvalue weighted by atomic mass is 16.3. The van der Waals surface area contributed by atoms with Crippen molar-refractivity contribution in [2.24, 2.45) is 0 Å². The fourth-order valence-electron chi connectivity index (χ4n) is 1.77. The number of benzene rings is 1. The largest absolute Gasteiger partial charge is 0.389 e. The van der Waals surface area contributed by atoms with Crippen LogP contribution in [0.3, 0.4) is 0 Å². The lowest BCUT2D eigenvalue weighted by molar-refractivity contribution is 0.199. The van der Waals surface area contributed by atoms with Gasteiger partial charge in [0.2, 0.25) is 0 Å². The van der Waals surface area contributed by atoms with Crippen molar-refractivity contribution in [2.45, 2.75) is 19.6 Å². The van der Waals surface area contributed by atoms with E-state index >= 15 is 0 Å². The maximum absolute atomic E-state index is 11.7. The Bertz CT molecular complexity index is 552. The van der Waals surface area contributed by atoms with Gasteiger partial charge in [0, 0.05) is 31.2 Å². The average molecular weight is 274 g/mol. The standard InChI is InChI=1S/C14H18N4O2/c1-11(19)12-3-2-4-13(9-12)17-14(20)16-6-8-18-7-5-15-10-18/h2-5,7,9-11,19H,6,8H2,1H3,(H2,16,17,20). The van der Waals surface area contributed by atoms with Crippen LogP contribution in [0.2, 0.25) is 0 Å². The van der Waals surface area contributed by atoms with Gasteiger partial charge >= 0.3 is 6.03 Å². The first kappa shape index (κ1) is 14.1. The van der Waals surface area contributed by atoms with E-state index in [0.29, 0.717) is 18.8 Å². The molecule has 0 aliphatic rings. The Morgan fingerprint density at radius 3 is 3.05 bits per heavy atom. The van der Waals surface area contributed by atoms with Crippen LogP contribution in [0.25, 0.3) is 0 Å². The lowest BCUT2D eigenvalue weighted by atomic mass is 10.1. The van der Waals surface area contributed by atoms with Crippen LogP contribution in [0.4, 0.5) is 10.5 Å². The van der Waals surface area contributed by atoms with Crippen molar-refractivity contribution in [3.05, 3.63) is 48.5 Å². The van der Waals surface area contributed by atoms with Gasteiger partial charge in [0.1, 0.15) is 0 Å².